The van der Waals surface area contributed by atoms with E-state index in [9.17, 15) is 23.6 Å². The van der Waals surface area contributed by atoms with Crippen molar-refractivity contribution in [3.8, 4) is 0 Å². The van der Waals surface area contributed by atoms with Gasteiger partial charge in [0.25, 0.3) is 11.5 Å². The van der Waals surface area contributed by atoms with Gasteiger partial charge in [-0.15, -0.1) is 0 Å². The molecule has 3 aromatic rings. The third kappa shape index (κ3) is 7.81. The molecular weight excluding hydrogens is 612 g/mol. The maximum atomic E-state index is 14.8. The summed E-state index contributed by atoms with van der Waals surface area (Å²) in [7, 11) is 0. The molecule has 1 atom stereocenters. The molecule has 1 saturated heterocycles. The highest BCUT2D eigenvalue weighted by atomic mass is 35.5. The average Bonchev–Trinajstić information content (AvgIpc) is 3.45. The Balaban J connectivity index is 0.000000488. The Kier molecular flexibility index (Phi) is 10.1. The smallest absolute Gasteiger partial charge is 0.405 e. The van der Waals surface area contributed by atoms with E-state index in [-0.39, 0.29) is 41.2 Å². The molecule has 1 aromatic heterocycles. The highest BCUT2D eigenvalue weighted by molar-refractivity contribution is 6.35. The number of aromatic nitrogens is 1. The molecule has 5 rings (SSSR count). The monoisotopic (exact) mass is 647 g/mol. The van der Waals surface area contributed by atoms with E-state index in [0.717, 1.165) is 30.0 Å². The summed E-state index contributed by atoms with van der Waals surface area (Å²) in [5.74, 6) is -1.12. The molecule has 10 nitrogen and oxygen atoms in total. The molecule has 0 aliphatic carbocycles. The normalized spacial score (nSPS) is 16.2. The second kappa shape index (κ2) is 13.4. The Morgan fingerprint density at radius 3 is 2.39 bits per heavy atom. The van der Waals surface area contributed by atoms with E-state index < -0.39 is 23.1 Å². The molecule has 13 heteroatoms. The van der Waals surface area contributed by atoms with Gasteiger partial charge in [-0.1, -0.05) is 23.2 Å². The molecule has 0 saturated carbocycles. The molecule has 236 valence electrons. The van der Waals surface area contributed by atoms with Crippen LogP contribution in [0.15, 0.2) is 35.1 Å². The first-order valence-electron chi connectivity index (χ1n) is 14.3. The van der Waals surface area contributed by atoms with E-state index in [0.29, 0.717) is 41.5 Å². The predicted molar refractivity (Wildman–Crippen MR) is 169 cm³/mol. The number of carbonyl (C=O) groups is 3. The zero-order chi connectivity index (χ0) is 32.3. The van der Waals surface area contributed by atoms with Crippen molar-refractivity contribution in [2.24, 2.45) is 5.73 Å². The summed E-state index contributed by atoms with van der Waals surface area (Å²) in [4.78, 5) is 54.3. The lowest BCUT2D eigenvalue weighted by Gasteiger charge is -2.36. The average molecular weight is 649 g/mol. The quantitative estimate of drug-likeness (QED) is 0.335. The fraction of sp³-hybridized carbons (Fsp3) is 0.419. The van der Waals surface area contributed by atoms with Crippen LogP contribution in [0.25, 0.3) is 10.8 Å². The third-order valence-electron chi connectivity index (χ3n) is 7.40. The lowest BCUT2D eigenvalue weighted by Crippen LogP contribution is -2.42. The van der Waals surface area contributed by atoms with Crippen LogP contribution in [0, 0.1) is 5.82 Å². The van der Waals surface area contributed by atoms with Gasteiger partial charge >= 0.3 is 6.09 Å². The molecule has 44 heavy (non-hydrogen) atoms. The van der Waals surface area contributed by atoms with Crippen molar-refractivity contribution in [3.63, 3.8) is 0 Å². The van der Waals surface area contributed by atoms with Crippen LogP contribution in [-0.2, 0) is 16.0 Å². The number of nitrogens with one attached hydrogen (secondary N) is 2. The first-order valence-corrected chi connectivity index (χ1v) is 15.1. The van der Waals surface area contributed by atoms with Gasteiger partial charge in [-0.05, 0) is 93.8 Å². The fourth-order valence-corrected chi connectivity index (χ4v) is 6.14. The van der Waals surface area contributed by atoms with Gasteiger partial charge in [-0.3, -0.25) is 14.4 Å². The van der Waals surface area contributed by atoms with Crippen LogP contribution in [0.4, 0.5) is 14.9 Å². The van der Waals surface area contributed by atoms with Crippen molar-refractivity contribution < 1.29 is 23.5 Å². The standard InChI is InChI=1S/C26H25Cl2FN4O3.C5H11NO2/c1-14-24-15(8-17(27)11-19(24)28)4-7-33(14)23(34)13-30-21-9-16-10-22(26(36)32-5-2-3-6-32)31-25(35)18(16)12-20(21)29;1-5(2,3)8-4(6)7/h8-12,14,30H,2-7,13H2,1H3,(H,31,35);1-3H3,(H2,6,7). The Hall–Kier alpha value is -3.83. The summed E-state index contributed by atoms with van der Waals surface area (Å²) in [6.07, 6.45) is 1.75. The van der Waals surface area contributed by atoms with Crippen molar-refractivity contribution in [1.82, 2.24) is 14.8 Å². The van der Waals surface area contributed by atoms with Crippen LogP contribution >= 0.6 is 23.2 Å². The number of nitrogens with two attached hydrogens (primary N) is 1. The van der Waals surface area contributed by atoms with E-state index in [1.54, 1.807) is 42.7 Å². The van der Waals surface area contributed by atoms with Gasteiger partial charge in [-0.2, -0.15) is 0 Å². The van der Waals surface area contributed by atoms with Gasteiger partial charge in [0.05, 0.1) is 23.7 Å². The lowest BCUT2D eigenvalue weighted by molar-refractivity contribution is -0.131. The molecule has 2 aliphatic rings. The lowest BCUT2D eigenvalue weighted by atomic mass is 9.93. The van der Waals surface area contributed by atoms with E-state index in [1.807, 2.05) is 13.0 Å². The third-order valence-corrected chi connectivity index (χ3v) is 7.93. The zero-order valence-electron chi connectivity index (χ0n) is 25.1. The van der Waals surface area contributed by atoms with Crippen LogP contribution in [0.1, 0.15) is 68.2 Å². The zero-order valence-corrected chi connectivity index (χ0v) is 26.6. The van der Waals surface area contributed by atoms with Crippen LogP contribution in [-0.4, -0.2) is 64.5 Å². The van der Waals surface area contributed by atoms with E-state index >= 15 is 0 Å². The highest BCUT2D eigenvalue weighted by Crippen LogP contribution is 2.37. The van der Waals surface area contributed by atoms with Gasteiger partial charge < -0.3 is 30.6 Å². The second-order valence-electron chi connectivity index (χ2n) is 11.8. The summed E-state index contributed by atoms with van der Waals surface area (Å²) in [5, 5.41) is 4.49. The number of hydrogen-bond acceptors (Lipinski definition) is 6. The minimum absolute atomic E-state index is 0.0795. The molecule has 3 amide bonds. The van der Waals surface area contributed by atoms with Gasteiger partial charge in [0.2, 0.25) is 5.91 Å². The minimum atomic E-state index is -0.725. The first kappa shape index (κ1) is 33.1. The fourth-order valence-electron chi connectivity index (χ4n) is 5.45. The van der Waals surface area contributed by atoms with E-state index in [1.165, 1.54) is 6.07 Å². The minimum Gasteiger partial charge on any atom is -0.444 e. The molecule has 2 aliphatic heterocycles. The van der Waals surface area contributed by atoms with Gasteiger partial charge in [-0.25, -0.2) is 9.18 Å². The number of halogens is 3. The summed E-state index contributed by atoms with van der Waals surface area (Å²) in [6.45, 7) is 8.83. The summed E-state index contributed by atoms with van der Waals surface area (Å²) >= 11 is 12.5. The Morgan fingerprint density at radius 2 is 1.77 bits per heavy atom. The van der Waals surface area contributed by atoms with E-state index in [4.69, 9.17) is 28.9 Å². The predicted octanol–water partition coefficient (Wildman–Crippen LogP) is 5.65. The molecule has 2 aromatic carbocycles. The Labute approximate surface area is 264 Å². The number of aromatic amines is 1. The number of ether oxygens (including phenoxy) is 1. The number of benzene rings is 2. The number of hydrogen-bond donors (Lipinski definition) is 3. The van der Waals surface area contributed by atoms with Crippen LogP contribution < -0.4 is 16.6 Å². The number of rotatable bonds is 4. The summed E-state index contributed by atoms with van der Waals surface area (Å²) in [5.41, 5.74) is 5.86. The molecule has 1 fully saturated rings. The number of carbonyl (C=O) groups excluding carboxylic acids is 3. The maximum Gasteiger partial charge on any atom is 0.405 e. The first-order chi connectivity index (χ1) is 20.6. The Morgan fingerprint density at radius 1 is 1.09 bits per heavy atom. The largest absolute Gasteiger partial charge is 0.444 e. The molecule has 0 spiro atoms. The van der Waals surface area contributed by atoms with Crippen molar-refractivity contribution in [2.45, 2.75) is 58.6 Å². The maximum absolute atomic E-state index is 14.8. The van der Waals surface area contributed by atoms with Crippen molar-refractivity contribution in [2.75, 3.05) is 31.5 Å². The summed E-state index contributed by atoms with van der Waals surface area (Å²) < 4.78 is 19.4. The number of fused-ring (bicyclic) bond motifs is 2. The van der Waals surface area contributed by atoms with E-state index in [2.05, 4.69) is 15.0 Å². The second-order valence-corrected chi connectivity index (χ2v) is 12.6. The number of pyridine rings is 1. The van der Waals surface area contributed by atoms with Crippen LogP contribution in [0.3, 0.4) is 0 Å². The number of anilines is 1. The molecule has 0 bridgehead atoms. The summed E-state index contributed by atoms with van der Waals surface area (Å²) in [6, 6.07) is 7.41. The van der Waals surface area contributed by atoms with Crippen LogP contribution in [0.2, 0.25) is 10.0 Å². The molecule has 4 N–H and O–H groups in total. The van der Waals surface area contributed by atoms with Gasteiger partial charge in [0.15, 0.2) is 0 Å². The molecule has 0 radical (unpaired) electrons. The number of amides is 3. The highest BCUT2D eigenvalue weighted by Gasteiger charge is 2.30. The van der Waals surface area contributed by atoms with Crippen LogP contribution in [0.5, 0.6) is 0 Å². The molecule has 1 unspecified atom stereocenters. The van der Waals surface area contributed by atoms with Crippen molar-refractivity contribution >= 4 is 57.6 Å². The number of H-pyrrole nitrogens is 1. The number of likely N-dealkylation sites (tertiary alicyclic amines) is 1. The van der Waals surface area contributed by atoms with Gasteiger partial charge in [0, 0.05) is 29.7 Å². The topological polar surface area (TPSA) is 138 Å². The van der Waals surface area contributed by atoms with Crippen molar-refractivity contribution in [3.05, 3.63) is 73.4 Å². The molecule has 3 heterocycles. The molecular formula is C31H36Cl2FN5O5. The Bertz CT molecular complexity index is 1650. The van der Waals surface area contributed by atoms with Crippen molar-refractivity contribution in [1.29, 1.82) is 0 Å². The number of primary amides is 1. The SMILES string of the molecule is CC(C)(C)OC(N)=O.CC1c2c(Cl)cc(Cl)cc2CCN1C(=O)CNc1cc2cc(C(=O)N3CCCC3)[nH]c(=O)c2cc1F. The van der Waals surface area contributed by atoms with Gasteiger partial charge in [0.1, 0.15) is 17.1 Å². The number of nitrogens with zero attached hydrogens (tertiary/aromatic N) is 2.